The molecule has 1 heteroatoms. The second-order valence-electron chi connectivity index (χ2n) is 3.58. The van der Waals surface area contributed by atoms with Gasteiger partial charge in [-0.1, -0.05) is 36.4 Å². The van der Waals surface area contributed by atoms with Crippen LogP contribution < -0.4 is 0 Å². The van der Waals surface area contributed by atoms with Crippen LogP contribution in [0.5, 0.6) is 0 Å². The smallest absolute Gasteiger partial charge is 0.0283 e. The molecule has 0 atom stereocenters. The average Bonchev–Trinajstić information content (AvgIpc) is 2.17. The van der Waals surface area contributed by atoms with E-state index in [1.54, 1.807) is 0 Å². The monoisotopic (exact) mass is 192 g/mol. The Hall–Kier alpha value is -0.690. The van der Waals surface area contributed by atoms with Crippen LogP contribution >= 0.6 is 11.8 Å². The molecule has 0 N–H and O–H groups in total. The molecule has 0 saturated heterocycles. The van der Waals surface area contributed by atoms with Crippen molar-refractivity contribution in [2.75, 3.05) is 0 Å². The van der Waals surface area contributed by atoms with Crippen LogP contribution in [-0.2, 0) is 5.75 Å². The Morgan fingerprint density at radius 2 is 1.92 bits per heavy atom. The lowest BCUT2D eigenvalue weighted by Crippen LogP contribution is -2.09. The van der Waals surface area contributed by atoms with E-state index in [-0.39, 0.29) is 4.75 Å². The molecule has 0 heterocycles. The lowest BCUT2D eigenvalue weighted by molar-refractivity contribution is 0.900. The van der Waals surface area contributed by atoms with Crippen molar-refractivity contribution < 1.29 is 0 Å². The minimum Gasteiger partial charge on any atom is -0.147 e. The van der Waals surface area contributed by atoms with E-state index in [0.717, 1.165) is 5.75 Å². The van der Waals surface area contributed by atoms with E-state index in [1.165, 1.54) is 5.56 Å². The first-order valence-corrected chi connectivity index (χ1v) is 5.44. The molecule has 0 spiro atoms. The SMILES string of the molecule is C=CC(C)(C)SCc1ccccc1. The summed E-state index contributed by atoms with van der Waals surface area (Å²) >= 11 is 1.91. The zero-order chi connectivity index (χ0) is 9.73. The highest BCUT2D eigenvalue weighted by atomic mass is 32.2. The largest absolute Gasteiger partial charge is 0.147 e. The van der Waals surface area contributed by atoms with E-state index < -0.39 is 0 Å². The molecule has 13 heavy (non-hydrogen) atoms. The third-order valence-electron chi connectivity index (χ3n) is 1.95. The Morgan fingerprint density at radius 3 is 2.46 bits per heavy atom. The molecule has 0 saturated carbocycles. The van der Waals surface area contributed by atoms with Gasteiger partial charge < -0.3 is 0 Å². The van der Waals surface area contributed by atoms with Crippen LogP contribution in [0, 0.1) is 0 Å². The van der Waals surface area contributed by atoms with E-state index in [1.807, 2.05) is 23.9 Å². The van der Waals surface area contributed by atoms with Gasteiger partial charge in [-0.05, 0) is 19.4 Å². The second-order valence-corrected chi connectivity index (χ2v) is 5.21. The molecule has 1 rings (SSSR count). The summed E-state index contributed by atoms with van der Waals surface area (Å²) in [5.41, 5.74) is 1.38. The fourth-order valence-electron chi connectivity index (χ4n) is 0.902. The normalized spacial score (nSPS) is 11.2. The van der Waals surface area contributed by atoms with E-state index in [4.69, 9.17) is 0 Å². The first kappa shape index (κ1) is 10.4. The van der Waals surface area contributed by atoms with Crippen molar-refractivity contribution in [3.63, 3.8) is 0 Å². The van der Waals surface area contributed by atoms with Gasteiger partial charge in [0.15, 0.2) is 0 Å². The molecule has 0 unspecified atom stereocenters. The summed E-state index contributed by atoms with van der Waals surface area (Å²) in [4.78, 5) is 0. The van der Waals surface area contributed by atoms with Crippen molar-refractivity contribution in [1.29, 1.82) is 0 Å². The number of rotatable bonds is 4. The van der Waals surface area contributed by atoms with Gasteiger partial charge in [0, 0.05) is 10.5 Å². The van der Waals surface area contributed by atoms with Crippen molar-refractivity contribution in [2.24, 2.45) is 0 Å². The van der Waals surface area contributed by atoms with Gasteiger partial charge in [-0.15, -0.1) is 18.3 Å². The van der Waals surface area contributed by atoms with Gasteiger partial charge in [0.2, 0.25) is 0 Å². The summed E-state index contributed by atoms with van der Waals surface area (Å²) in [5, 5.41) is 0. The summed E-state index contributed by atoms with van der Waals surface area (Å²) in [6, 6.07) is 10.5. The molecule has 0 aliphatic carbocycles. The highest BCUT2D eigenvalue weighted by molar-refractivity contribution is 8.00. The summed E-state index contributed by atoms with van der Waals surface area (Å²) in [6.45, 7) is 8.20. The molecule has 0 amide bonds. The molecule has 70 valence electrons. The fourth-order valence-corrected chi connectivity index (χ4v) is 1.75. The van der Waals surface area contributed by atoms with E-state index in [0.29, 0.717) is 0 Å². The first-order valence-electron chi connectivity index (χ1n) is 4.45. The Kier molecular flexibility index (Phi) is 3.61. The Balaban J connectivity index is 2.48. The Morgan fingerprint density at radius 1 is 1.31 bits per heavy atom. The van der Waals surface area contributed by atoms with Crippen LogP contribution in [0.1, 0.15) is 19.4 Å². The van der Waals surface area contributed by atoms with Gasteiger partial charge in [0.25, 0.3) is 0 Å². The summed E-state index contributed by atoms with van der Waals surface area (Å²) in [5.74, 6) is 1.06. The predicted octanol–water partition coefficient (Wildman–Crippen LogP) is 3.88. The third-order valence-corrected chi connectivity index (χ3v) is 3.33. The van der Waals surface area contributed by atoms with Crippen LogP contribution in [0.15, 0.2) is 43.0 Å². The summed E-state index contributed by atoms with van der Waals surface area (Å²) in [7, 11) is 0. The molecule has 0 bridgehead atoms. The van der Waals surface area contributed by atoms with Gasteiger partial charge in [-0.25, -0.2) is 0 Å². The van der Waals surface area contributed by atoms with Crippen molar-refractivity contribution in [2.45, 2.75) is 24.3 Å². The maximum atomic E-state index is 3.82. The van der Waals surface area contributed by atoms with Gasteiger partial charge in [-0.3, -0.25) is 0 Å². The van der Waals surface area contributed by atoms with Crippen molar-refractivity contribution in [3.8, 4) is 0 Å². The van der Waals surface area contributed by atoms with Crippen LogP contribution in [0.4, 0.5) is 0 Å². The highest BCUT2D eigenvalue weighted by Crippen LogP contribution is 2.28. The van der Waals surface area contributed by atoms with E-state index in [2.05, 4.69) is 44.7 Å². The average molecular weight is 192 g/mol. The molecule has 0 aliphatic heterocycles. The van der Waals surface area contributed by atoms with Crippen LogP contribution in [0.2, 0.25) is 0 Å². The number of hydrogen-bond acceptors (Lipinski definition) is 1. The van der Waals surface area contributed by atoms with E-state index in [9.17, 15) is 0 Å². The Labute approximate surface area is 85.1 Å². The fraction of sp³-hybridized carbons (Fsp3) is 0.333. The van der Waals surface area contributed by atoms with Gasteiger partial charge in [0.05, 0.1) is 0 Å². The summed E-state index contributed by atoms with van der Waals surface area (Å²) in [6.07, 6.45) is 2.00. The van der Waals surface area contributed by atoms with Crippen LogP contribution in [-0.4, -0.2) is 4.75 Å². The third kappa shape index (κ3) is 3.69. The van der Waals surface area contributed by atoms with Crippen LogP contribution in [0.3, 0.4) is 0 Å². The quantitative estimate of drug-likeness (QED) is 0.652. The number of hydrogen-bond donors (Lipinski definition) is 0. The molecule has 0 aromatic heterocycles. The lowest BCUT2D eigenvalue weighted by Gasteiger charge is -2.18. The standard InChI is InChI=1S/C12H16S/c1-4-12(2,3)13-10-11-8-6-5-7-9-11/h4-9H,1,10H2,2-3H3. The molecule has 0 aliphatic rings. The summed E-state index contributed by atoms with van der Waals surface area (Å²) < 4.78 is 0.176. The molecule has 0 nitrogen and oxygen atoms in total. The molecule has 1 aromatic carbocycles. The molecular formula is C12H16S. The zero-order valence-corrected chi connectivity index (χ0v) is 9.10. The van der Waals surface area contributed by atoms with Gasteiger partial charge in [-0.2, -0.15) is 0 Å². The highest BCUT2D eigenvalue weighted by Gasteiger charge is 2.12. The maximum absolute atomic E-state index is 3.82. The molecule has 0 fully saturated rings. The van der Waals surface area contributed by atoms with Gasteiger partial charge >= 0.3 is 0 Å². The van der Waals surface area contributed by atoms with Crippen molar-refractivity contribution in [3.05, 3.63) is 48.6 Å². The van der Waals surface area contributed by atoms with Crippen molar-refractivity contribution in [1.82, 2.24) is 0 Å². The molecule has 0 radical (unpaired) electrons. The minimum atomic E-state index is 0.176. The number of thioether (sulfide) groups is 1. The maximum Gasteiger partial charge on any atom is 0.0283 e. The zero-order valence-electron chi connectivity index (χ0n) is 8.29. The lowest BCUT2D eigenvalue weighted by atomic mass is 10.2. The minimum absolute atomic E-state index is 0.176. The topological polar surface area (TPSA) is 0 Å². The molecule has 1 aromatic rings. The first-order chi connectivity index (χ1) is 6.14. The van der Waals surface area contributed by atoms with Gasteiger partial charge in [0.1, 0.15) is 0 Å². The second kappa shape index (κ2) is 4.52. The Bertz CT molecular complexity index is 262. The molecular weight excluding hydrogens is 176 g/mol. The predicted molar refractivity (Wildman–Crippen MR) is 62.0 cm³/mol. The number of benzene rings is 1. The van der Waals surface area contributed by atoms with Crippen LogP contribution in [0.25, 0.3) is 0 Å². The van der Waals surface area contributed by atoms with Crippen molar-refractivity contribution >= 4 is 11.8 Å². The van der Waals surface area contributed by atoms with E-state index >= 15 is 0 Å².